The summed E-state index contributed by atoms with van der Waals surface area (Å²) in [5, 5.41) is 0. The van der Waals surface area contributed by atoms with Gasteiger partial charge >= 0.3 is 236 Å². The summed E-state index contributed by atoms with van der Waals surface area (Å²) in [5.41, 5.74) is 11.5. The molecule has 0 amide bonds. The van der Waals surface area contributed by atoms with E-state index in [0.29, 0.717) is 7.35 Å². The third-order valence-electron chi connectivity index (χ3n) is 10.5. The Balaban J connectivity index is 1.44. The number of allylic oxidation sites excluding steroid dienone is 2. The third-order valence-corrected chi connectivity index (χ3v) is 37.7. The Bertz CT molecular complexity index is 1560. The molecule has 0 aromatic heterocycles. The molecule has 0 bridgehead atoms. The standard InChI is InChI=1S/2C15H11.C6H10.2CH3.Hf/c2*1-2-6-12(7-3-1)14-10-4-8-13-9-5-11-15(13)14;1-2-4-6-5-3-1;;;/h2*1-11H;1-5H2;2*1H3;. The van der Waals surface area contributed by atoms with Crippen LogP contribution in [0.1, 0.15) is 61.7 Å². The predicted molar refractivity (Wildman–Crippen MR) is 167 cm³/mol. The molecular weight excluding hydrogens is 635 g/mol. The van der Waals surface area contributed by atoms with E-state index in [-0.39, 0.29) is 0 Å². The van der Waals surface area contributed by atoms with Crippen LogP contribution in [0.25, 0.3) is 34.4 Å². The van der Waals surface area contributed by atoms with E-state index in [2.05, 4.69) is 131 Å². The van der Waals surface area contributed by atoms with Crippen molar-refractivity contribution >= 4 is 15.4 Å². The maximum absolute atomic E-state index is 3.90. The fourth-order valence-electron chi connectivity index (χ4n) is 8.36. The van der Waals surface area contributed by atoms with E-state index in [0.717, 1.165) is 0 Å². The predicted octanol–water partition coefficient (Wildman–Crippen LogP) is 10.8. The SMILES string of the molecule is [CH3][Hf]([CH3])(=[C]1CCCCC1)([CH]1C=Cc2c(-c3ccccc3)cccc21)[CH]1C=Cc2c(-c3ccccc3)cccc21. The fraction of sp³-hybridized carbons (Fsp3) is 0.237. The summed E-state index contributed by atoms with van der Waals surface area (Å²) in [6, 6.07) is 36.1. The first kappa shape index (κ1) is 25.1. The first-order chi connectivity index (χ1) is 19.1. The normalized spacial score (nSPS) is 20.2. The van der Waals surface area contributed by atoms with E-state index in [1.165, 1.54) is 65.5 Å². The zero-order valence-electron chi connectivity index (χ0n) is 23.2. The summed E-state index contributed by atoms with van der Waals surface area (Å²) in [4.78, 5) is 0. The van der Waals surface area contributed by atoms with Gasteiger partial charge in [-0.1, -0.05) is 0 Å². The van der Waals surface area contributed by atoms with Crippen molar-refractivity contribution < 1.29 is 18.0 Å². The summed E-state index contributed by atoms with van der Waals surface area (Å²) in [6.45, 7) is 0. The summed E-state index contributed by atoms with van der Waals surface area (Å²) >= 11 is -3.90. The molecule has 4 aromatic carbocycles. The van der Waals surface area contributed by atoms with Crippen molar-refractivity contribution in [3.05, 3.63) is 131 Å². The molecule has 2 atom stereocenters. The first-order valence-corrected chi connectivity index (χ1v) is 28.0. The van der Waals surface area contributed by atoms with Crippen molar-refractivity contribution in [2.45, 2.75) is 48.8 Å². The van der Waals surface area contributed by atoms with Gasteiger partial charge in [0.25, 0.3) is 0 Å². The van der Waals surface area contributed by atoms with E-state index in [9.17, 15) is 0 Å². The van der Waals surface area contributed by atoms with Crippen LogP contribution in [0, 0.1) is 0 Å². The van der Waals surface area contributed by atoms with Crippen LogP contribution in [-0.2, 0) is 18.0 Å². The fourth-order valence-corrected chi connectivity index (χ4v) is 33.5. The van der Waals surface area contributed by atoms with Crippen LogP contribution in [0.15, 0.2) is 109 Å². The molecule has 39 heavy (non-hydrogen) atoms. The Morgan fingerprint density at radius 2 is 0.974 bits per heavy atom. The summed E-state index contributed by atoms with van der Waals surface area (Å²) in [6.07, 6.45) is 17.0. The second kappa shape index (κ2) is 9.63. The third kappa shape index (κ3) is 3.92. The van der Waals surface area contributed by atoms with Crippen LogP contribution >= 0.6 is 0 Å². The van der Waals surface area contributed by atoms with Gasteiger partial charge in [-0.2, -0.15) is 0 Å². The second-order valence-electron chi connectivity index (χ2n) is 12.8. The summed E-state index contributed by atoms with van der Waals surface area (Å²) in [7, 11) is 0. The zero-order chi connectivity index (χ0) is 26.5. The Morgan fingerprint density at radius 3 is 1.44 bits per heavy atom. The molecule has 0 spiro atoms. The van der Waals surface area contributed by atoms with Gasteiger partial charge in [0.2, 0.25) is 0 Å². The van der Waals surface area contributed by atoms with Crippen LogP contribution in [0.2, 0.25) is 9.36 Å². The average molecular weight is 673 g/mol. The molecule has 0 heterocycles. The monoisotopic (exact) mass is 674 g/mol. The average Bonchev–Trinajstić information content (AvgIpc) is 3.65. The number of benzene rings is 4. The van der Waals surface area contributed by atoms with Gasteiger partial charge in [-0.25, -0.2) is 0 Å². The Labute approximate surface area is 234 Å². The van der Waals surface area contributed by atoms with Crippen LogP contribution in [0.4, 0.5) is 0 Å². The second-order valence-corrected chi connectivity index (χ2v) is 38.6. The number of rotatable bonds is 4. The van der Waals surface area contributed by atoms with E-state index >= 15 is 0 Å². The van der Waals surface area contributed by atoms with Gasteiger partial charge < -0.3 is 0 Å². The molecule has 0 saturated heterocycles. The van der Waals surface area contributed by atoms with E-state index in [4.69, 9.17) is 0 Å². The number of hydrogen-bond donors (Lipinski definition) is 0. The van der Waals surface area contributed by atoms with Gasteiger partial charge in [0, 0.05) is 0 Å². The van der Waals surface area contributed by atoms with Gasteiger partial charge in [0.15, 0.2) is 0 Å². The molecule has 1 fully saturated rings. The molecule has 0 aliphatic heterocycles. The quantitative estimate of drug-likeness (QED) is 0.189. The van der Waals surface area contributed by atoms with Crippen molar-refractivity contribution in [2.75, 3.05) is 0 Å². The van der Waals surface area contributed by atoms with Gasteiger partial charge in [-0.15, -0.1) is 0 Å². The van der Waals surface area contributed by atoms with Crippen molar-refractivity contribution in [3.8, 4) is 22.3 Å². The summed E-state index contributed by atoms with van der Waals surface area (Å²) < 4.78 is 8.70. The molecule has 3 aliphatic rings. The molecule has 0 radical (unpaired) electrons. The molecule has 3 aliphatic carbocycles. The van der Waals surface area contributed by atoms with Gasteiger partial charge in [-0.05, 0) is 0 Å². The molecule has 194 valence electrons. The minimum atomic E-state index is -3.90. The molecule has 4 aromatic rings. The molecular formula is C38H38Hf. The topological polar surface area (TPSA) is 0 Å². The Hall–Kier alpha value is -2.90. The van der Waals surface area contributed by atoms with Crippen molar-refractivity contribution in [1.29, 1.82) is 0 Å². The molecule has 2 unspecified atom stereocenters. The van der Waals surface area contributed by atoms with Gasteiger partial charge in [-0.3, -0.25) is 0 Å². The molecule has 0 N–H and O–H groups in total. The first-order valence-electron chi connectivity index (χ1n) is 14.8. The van der Waals surface area contributed by atoms with Gasteiger partial charge in [0.1, 0.15) is 0 Å². The van der Waals surface area contributed by atoms with E-state index in [1.54, 1.807) is 11.1 Å². The van der Waals surface area contributed by atoms with Gasteiger partial charge in [0.05, 0.1) is 0 Å². The molecule has 7 rings (SSSR count). The van der Waals surface area contributed by atoms with Crippen LogP contribution < -0.4 is 0 Å². The molecule has 1 saturated carbocycles. The van der Waals surface area contributed by atoms with Crippen LogP contribution in [-0.4, -0.2) is 3.26 Å². The van der Waals surface area contributed by atoms with E-state index in [1.807, 2.05) is 3.26 Å². The van der Waals surface area contributed by atoms with E-state index < -0.39 is 18.0 Å². The minimum absolute atomic E-state index is 0.537. The summed E-state index contributed by atoms with van der Waals surface area (Å²) in [5.74, 6) is 0. The van der Waals surface area contributed by atoms with Crippen LogP contribution in [0.5, 0.6) is 0 Å². The van der Waals surface area contributed by atoms with Crippen LogP contribution in [0.3, 0.4) is 0 Å². The Morgan fingerprint density at radius 1 is 0.513 bits per heavy atom. The number of hydrogen-bond acceptors (Lipinski definition) is 0. The molecule has 0 nitrogen and oxygen atoms in total. The van der Waals surface area contributed by atoms with Crippen molar-refractivity contribution in [3.63, 3.8) is 0 Å². The Kier molecular flexibility index (Phi) is 6.20. The maximum atomic E-state index is 2.83. The van der Waals surface area contributed by atoms with Crippen molar-refractivity contribution in [1.82, 2.24) is 0 Å². The van der Waals surface area contributed by atoms with Crippen molar-refractivity contribution in [2.24, 2.45) is 0 Å². The molecule has 1 heteroatoms. The zero-order valence-corrected chi connectivity index (χ0v) is 26.8. The number of fused-ring (bicyclic) bond motifs is 2.